The van der Waals surface area contributed by atoms with Gasteiger partial charge in [0.1, 0.15) is 11.6 Å². The number of likely N-dealkylation sites (tertiary alicyclic amines) is 1. The number of hydrogen-bond donors (Lipinski definition) is 1. The molecular formula is C33H35ClF2N2O3. The Morgan fingerprint density at radius 2 is 1.59 bits per heavy atom. The third kappa shape index (κ3) is 6.95. The lowest BCUT2D eigenvalue weighted by molar-refractivity contribution is -0.182. The van der Waals surface area contributed by atoms with Gasteiger partial charge in [-0.15, -0.1) is 0 Å². The minimum atomic E-state index is -1.13. The molecule has 3 aromatic rings. The zero-order chi connectivity index (χ0) is 30.1. The topological polar surface area (TPSA) is 73.6 Å². The molecule has 0 radical (unpaired) electrons. The highest BCUT2D eigenvalue weighted by Gasteiger charge is 2.48. The van der Waals surface area contributed by atoms with Crippen LogP contribution in [0.1, 0.15) is 68.8 Å². The SMILES string of the molecule is CC(C)(C)C(OC(C)(C)[C@H](c1cc(F)cc(F)c1)C1CN(C(c2ccc(Cl)cc2)c2cccc(C#N)c2)C1)C(=O)O. The molecule has 8 heteroatoms. The van der Waals surface area contributed by atoms with E-state index >= 15 is 0 Å². The Hall–Kier alpha value is -3.31. The van der Waals surface area contributed by atoms with E-state index in [2.05, 4.69) is 11.0 Å². The van der Waals surface area contributed by atoms with E-state index in [1.54, 1.807) is 40.7 Å². The van der Waals surface area contributed by atoms with Gasteiger partial charge in [0.05, 0.1) is 23.3 Å². The highest BCUT2D eigenvalue weighted by atomic mass is 35.5. The van der Waals surface area contributed by atoms with Crippen molar-refractivity contribution >= 4 is 17.6 Å². The summed E-state index contributed by atoms with van der Waals surface area (Å²) in [7, 11) is 0. The highest BCUT2D eigenvalue weighted by Crippen LogP contribution is 2.47. The molecule has 3 atom stereocenters. The average molecular weight is 581 g/mol. The van der Waals surface area contributed by atoms with E-state index in [-0.39, 0.29) is 12.0 Å². The Kier molecular flexibility index (Phi) is 8.89. The van der Waals surface area contributed by atoms with E-state index in [1.807, 2.05) is 42.5 Å². The number of ether oxygens (including phenoxy) is 1. The van der Waals surface area contributed by atoms with Gasteiger partial charge in [0.25, 0.3) is 0 Å². The van der Waals surface area contributed by atoms with Gasteiger partial charge in [-0.2, -0.15) is 5.26 Å². The van der Waals surface area contributed by atoms with Crippen molar-refractivity contribution in [3.63, 3.8) is 0 Å². The van der Waals surface area contributed by atoms with Crippen LogP contribution in [0.25, 0.3) is 0 Å². The molecule has 1 N–H and O–H groups in total. The minimum Gasteiger partial charge on any atom is -0.479 e. The molecule has 4 rings (SSSR count). The Morgan fingerprint density at radius 1 is 0.976 bits per heavy atom. The fraction of sp³-hybridized carbons (Fsp3) is 0.394. The number of rotatable bonds is 9. The van der Waals surface area contributed by atoms with Crippen LogP contribution in [0.4, 0.5) is 8.78 Å². The molecule has 0 spiro atoms. The number of nitrogens with zero attached hydrogens (tertiary/aromatic N) is 2. The Balaban J connectivity index is 1.71. The van der Waals surface area contributed by atoms with Crippen molar-refractivity contribution in [2.24, 2.45) is 11.3 Å². The van der Waals surface area contributed by atoms with Gasteiger partial charge in [-0.25, -0.2) is 13.6 Å². The maximum absolute atomic E-state index is 14.5. The molecule has 1 aliphatic heterocycles. The number of halogens is 3. The molecule has 2 unspecified atom stereocenters. The third-order valence-corrected chi connectivity index (χ3v) is 7.97. The highest BCUT2D eigenvalue weighted by molar-refractivity contribution is 6.30. The summed E-state index contributed by atoms with van der Waals surface area (Å²) in [6.07, 6.45) is -1.13. The predicted octanol–water partition coefficient (Wildman–Crippen LogP) is 7.59. The summed E-state index contributed by atoms with van der Waals surface area (Å²) >= 11 is 6.17. The third-order valence-electron chi connectivity index (χ3n) is 7.72. The van der Waals surface area contributed by atoms with Crippen LogP contribution in [-0.2, 0) is 9.53 Å². The number of hydrogen-bond acceptors (Lipinski definition) is 4. The lowest BCUT2D eigenvalue weighted by Gasteiger charge is -2.52. The molecule has 1 fully saturated rings. The first kappa shape index (κ1) is 30.6. The molecule has 0 bridgehead atoms. The van der Waals surface area contributed by atoms with Gasteiger partial charge in [-0.1, -0.05) is 56.6 Å². The number of nitriles is 1. The fourth-order valence-electron chi connectivity index (χ4n) is 5.98. The van der Waals surface area contributed by atoms with E-state index in [0.29, 0.717) is 29.2 Å². The van der Waals surface area contributed by atoms with Crippen LogP contribution in [0, 0.1) is 34.3 Å². The van der Waals surface area contributed by atoms with Crippen LogP contribution < -0.4 is 0 Å². The molecule has 3 aromatic carbocycles. The number of carboxylic acids is 1. The van der Waals surface area contributed by atoms with Crippen LogP contribution in [-0.4, -0.2) is 40.8 Å². The molecule has 216 valence electrons. The minimum absolute atomic E-state index is 0.102. The molecule has 1 aliphatic rings. The fourth-order valence-corrected chi connectivity index (χ4v) is 6.10. The molecule has 1 saturated heterocycles. The second-order valence-corrected chi connectivity index (χ2v) is 12.8. The van der Waals surface area contributed by atoms with Gasteiger partial charge >= 0.3 is 5.97 Å². The summed E-state index contributed by atoms with van der Waals surface area (Å²) in [5, 5.41) is 20.1. The average Bonchev–Trinajstić information content (AvgIpc) is 2.85. The van der Waals surface area contributed by atoms with Crippen LogP contribution in [0.2, 0.25) is 5.02 Å². The monoisotopic (exact) mass is 580 g/mol. The maximum Gasteiger partial charge on any atom is 0.333 e. The zero-order valence-electron chi connectivity index (χ0n) is 23.9. The van der Waals surface area contributed by atoms with Gasteiger partial charge in [-0.05, 0) is 78.3 Å². The Morgan fingerprint density at radius 3 is 2.12 bits per heavy atom. The molecule has 41 heavy (non-hydrogen) atoms. The molecule has 5 nitrogen and oxygen atoms in total. The quantitative estimate of drug-likeness (QED) is 0.282. The zero-order valence-corrected chi connectivity index (χ0v) is 24.6. The van der Waals surface area contributed by atoms with Gasteiger partial charge in [0.2, 0.25) is 0 Å². The van der Waals surface area contributed by atoms with E-state index < -0.39 is 40.6 Å². The Bertz CT molecular complexity index is 1420. The number of carbonyl (C=O) groups is 1. The number of carboxylic acid groups (broad SMARTS) is 1. The second-order valence-electron chi connectivity index (χ2n) is 12.4. The molecule has 0 aliphatic carbocycles. The lowest BCUT2D eigenvalue weighted by Crippen LogP contribution is -2.56. The maximum atomic E-state index is 14.5. The first-order valence-corrected chi connectivity index (χ1v) is 13.9. The summed E-state index contributed by atoms with van der Waals surface area (Å²) < 4.78 is 35.3. The van der Waals surface area contributed by atoms with E-state index in [4.69, 9.17) is 16.3 Å². The van der Waals surface area contributed by atoms with Crippen molar-refractivity contribution in [1.29, 1.82) is 5.26 Å². The van der Waals surface area contributed by atoms with Crippen molar-refractivity contribution < 1.29 is 23.4 Å². The summed E-state index contributed by atoms with van der Waals surface area (Å²) in [5.74, 6) is -3.10. The first-order valence-electron chi connectivity index (χ1n) is 13.6. The largest absolute Gasteiger partial charge is 0.479 e. The van der Waals surface area contributed by atoms with E-state index in [0.717, 1.165) is 17.2 Å². The summed E-state index contributed by atoms with van der Waals surface area (Å²) in [5.41, 5.74) is 1.10. The van der Waals surface area contributed by atoms with E-state index in [1.165, 1.54) is 12.1 Å². The molecule has 0 aromatic heterocycles. The predicted molar refractivity (Wildman–Crippen MR) is 155 cm³/mol. The number of aliphatic carboxylic acids is 1. The van der Waals surface area contributed by atoms with Crippen LogP contribution in [0.5, 0.6) is 0 Å². The van der Waals surface area contributed by atoms with Crippen molar-refractivity contribution in [3.05, 3.63) is 106 Å². The summed E-state index contributed by atoms with van der Waals surface area (Å²) in [6, 6.07) is 20.4. The normalized spacial score (nSPS) is 16.9. The lowest BCUT2D eigenvalue weighted by atomic mass is 9.71. The summed E-state index contributed by atoms with van der Waals surface area (Å²) in [6.45, 7) is 10.0. The van der Waals surface area contributed by atoms with Crippen LogP contribution >= 0.6 is 11.6 Å². The molecular weight excluding hydrogens is 546 g/mol. The van der Waals surface area contributed by atoms with Crippen LogP contribution in [0.15, 0.2) is 66.7 Å². The van der Waals surface area contributed by atoms with E-state index in [9.17, 15) is 23.9 Å². The van der Waals surface area contributed by atoms with Crippen molar-refractivity contribution in [2.45, 2.75) is 58.3 Å². The second kappa shape index (κ2) is 11.9. The standard InChI is InChI=1S/C33H35ClF2N2O3/c1-32(2,3)30(31(39)40)41-33(4,5)28(23-14-26(35)16-27(36)15-23)24-18-38(19-24)29(21-9-11-25(34)12-10-21)22-8-6-7-20(13-22)17-37/h6-16,24,28-30H,18-19H2,1-5H3,(H,39,40)/t28-,29?,30?/m1/s1. The molecule has 1 heterocycles. The van der Waals surface area contributed by atoms with Crippen molar-refractivity contribution in [2.75, 3.05) is 13.1 Å². The van der Waals surface area contributed by atoms with Crippen LogP contribution in [0.3, 0.4) is 0 Å². The van der Waals surface area contributed by atoms with Gasteiger partial charge in [-0.3, -0.25) is 4.90 Å². The smallest absolute Gasteiger partial charge is 0.333 e. The molecule has 0 saturated carbocycles. The van der Waals surface area contributed by atoms with Gasteiger partial charge in [0, 0.05) is 30.1 Å². The van der Waals surface area contributed by atoms with Crippen molar-refractivity contribution in [3.8, 4) is 6.07 Å². The first-order chi connectivity index (χ1) is 19.2. The van der Waals surface area contributed by atoms with Gasteiger partial charge < -0.3 is 9.84 Å². The van der Waals surface area contributed by atoms with Crippen molar-refractivity contribution in [1.82, 2.24) is 4.90 Å². The molecule has 0 amide bonds. The Labute approximate surface area is 245 Å². The number of benzene rings is 3. The van der Waals surface area contributed by atoms with Gasteiger partial charge in [0.15, 0.2) is 6.10 Å². The summed E-state index contributed by atoms with van der Waals surface area (Å²) in [4.78, 5) is 14.4.